The van der Waals surface area contributed by atoms with E-state index in [4.69, 9.17) is 0 Å². The number of anilines is 1. The molecule has 1 aliphatic rings. The predicted octanol–water partition coefficient (Wildman–Crippen LogP) is 2.23. The van der Waals surface area contributed by atoms with Crippen molar-refractivity contribution in [1.82, 2.24) is 4.98 Å². The molecule has 1 saturated carbocycles. The van der Waals surface area contributed by atoms with Crippen molar-refractivity contribution < 1.29 is 5.11 Å². The average Bonchev–Trinajstić information content (AvgIpc) is 2.64. The molecule has 72 valence electrons. The molecule has 0 radical (unpaired) electrons. The van der Waals surface area contributed by atoms with Gasteiger partial charge in [-0.2, -0.15) is 0 Å². The molecule has 2 N–H and O–H groups in total. The number of aliphatic hydroxyl groups is 1. The molecule has 1 aromatic rings. The highest BCUT2D eigenvalue weighted by Gasteiger charge is 2.25. The first-order valence-electron chi connectivity index (χ1n) is 4.31. The van der Waals surface area contributed by atoms with Crippen LogP contribution >= 0.6 is 27.3 Å². The maximum Gasteiger partial charge on any atom is 0.184 e. The quantitative estimate of drug-likeness (QED) is 0.860. The number of halogens is 1. The molecule has 0 aromatic carbocycles. The largest absolute Gasteiger partial charge is 0.391 e. The highest BCUT2D eigenvalue weighted by molar-refractivity contribution is 9.10. The molecule has 0 bridgehead atoms. The molecule has 0 aliphatic heterocycles. The maximum atomic E-state index is 9.56. The van der Waals surface area contributed by atoms with E-state index in [0.717, 1.165) is 29.0 Å². The molecule has 0 saturated heterocycles. The van der Waals surface area contributed by atoms with Crippen LogP contribution in [-0.2, 0) is 0 Å². The fourth-order valence-corrected chi connectivity index (χ4v) is 2.79. The number of aliphatic hydroxyl groups excluding tert-OH is 1. The van der Waals surface area contributed by atoms with Gasteiger partial charge in [0.05, 0.1) is 12.1 Å². The number of rotatable bonds is 2. The zero-order valence-corrected chi connectivity index (χ0v) is 9.44. The van der Waals surface area contributed by atoms with Gasteiger partial charge in [-0.05, 0) is 35.2 Å². The lowest BCUT2D eigenvalue weighted by atomic mass is 10.2. The Morgan fingerprint density at radius 2 is 2.46 bits per heavy atom. The normalized spacial score (nSPS) is 27.8. The molecule has 2 unspecified atom stereocenters. The van der Waals surface area contributed by atoms with Crippen molar-refractivity contribution in [3.63, 3.8) is 0 Å². The molecule has 2 atom stereocenters. The lowest BCUT2D eigenvalue weighted by Gasteiger charge is -2.14. The van der Waals surface area contributed by atoms with Gasteiger partial charge in [-0.3, -0.25) is 0 Å². The third kappa shape index (κ3) is 2.21. The number of nitrogens with zero attached hydrogens (tertiary/aromatic N) is 1. The summed E-state index contributed by atoms with van der Waals surface area (Å²) >= 11 is 4.85. The third-order valence-corrected chi connectivity index (χ3v) is 3.75. The van der Waals surface area contributed by atoms with Crippen LogP contribution < -0.4 is 5.32 Å². The molecule has 1 heterocycles. The average molecular weight is 263 g/mol. The van der Waals surface area contributed by atoms with E-state index >= 15 is 0 Å². The first-order valence-corrected chi connectivity index (χ1v) is 5.98. The van der Waals surface area contributed by atoms with Crippen LogP contribution in [0, 0.1) is 0 Å². The Bertz CT molecular complexity index is 291. The predicted molar refractivity (Wildman–Crippen MR) is 57.1 cm³/mol. The Morgan fingerprint density at radius 1 is 1.62 bits per heavy atom. The highest BCUT2D eigenvalue weighted by atomic mass is 79.9. The summed E-state index contributed by atoms with van der Waals surface area (Å²) in [6, 6.07) is 0.193. The van der Waals surface area contributed by atoms with E-state index < -0.39 is 0 Å². The first-order chi connectivity index (χ1) is 6.25. The van der Waals surface area contributed by atoms with Gasteiger partial charge in [0.1, 0.15) is 4.60 Å². The van der Waals surface area contributed by atoms with Gasteiger partial charge in [0.25, 0.3) is 0 Å². The van der Waals surface area contributed by atoms with Crippen LogP contribution in [0.1, 0.15) is 19.3 Å². The second kappa shape index (κ2) is 3.94. The second-order valence-electron chi connectivity index (χ2n) is 3.22. The molecule has 1 aliphatic carbocycles. The van der Waals surface area contributed by atoms with Gasteiger partial charge in [-0.15, -0.1) is 11.3 Å². The van der Waals surface area contributed by atoms with E-state index in [2.05, 4.69) is 26.2 Å². The van der Waals surface area contributed by atoms with Crippen LogP contribution in [-0.4, -0.2) is 22.2 Å². The Hall–Kier alpha value is -0.130. The molecule has 1 aromatic heterocycles. The summed E-state index contributed by atoms with van der Waals surface area (Å²) in [7, 11) is 0. The molecule has 5 heteroatoms. The van der Waals surface area contributed by atoms with Gasteiger partial charge in [0.15, 0.2) is 5.13 Å². The van der Waals surface area contributed by atoms with Crippen LogP contribution in [0.3, 0.4) is 0 Å². The van der Waals surface area contributed by atoms with Crippen molar-refractivity contribution in [3.8, 4) is 0 Å². The van der Waals surface area contributed by atoms with Gasteiger partial charge < -0.3 is 10.4 Å². The van der Waals surface area contributed by atoms with Crippen molar-refractivity contribution in [2.75, 3.05) is 5.32 Å². The fraction of sp³-hybridized carbons (Fsp3) is 0.625. The van der Waals surface area contributed by atoms with Crippen LogP contribution in [0.2, 0.25) is 0 Å². The summed E-state index contributed by atoms with van der Waals surface area (Å²) in [6.45, 7) is 0. The zero-order chi connectivity index (χ0) is 9.26. The monoisotopic (exact) mass is 262 g/mol. The standard InChI is InChI=1S/C8H11BrN2OS/c9-7-4-13-8(11-7)10-5-2-1-3-6(5)12/h4-6,12H,1-3H2,(H,10,11). The Labute approximate surface area is 89.3 Å². The minimum absolute atomic E-state index is 0.193. The van der Waals surface area contributed by atoms with Crippen molar-refractivity contribution in [1.29, 1.82) is 0 Å². The SMILES string of the molecule is OC1CCCC1Nc1nc(Br)cs1. The molecule has 1 fully saturated rings. The highest BCUT2D eigenvalue weighted by Crippen LogP contribution is 2.26. The van der Waals surface area contributed by atoms with Crippen LogP contribution in [0.25, 0.3) is 0 Å². The third-order valence-electron chi connectivity index (χ3n) is 2.26. The fourth-order valence-electron chi connectivity index (χ4n) is 1.59. The van der Waals surface area contributed by atoms with Gasteiger partial charge in [-0.25, -0.2) is 4.98 Å². The van der Waals surface area contributed by atoms with E-state index in [0.29, 0.717) is 0 Å². The van der Waals surface area contributed by atoms with Crippen molar-refractivity contribution in [2.45, 2.75) is 31.4 Å². The molecule has 13 heavy (non-hydrogen) atoms. The number of hydrogen-bond acceptors (Lipinski definition) is 4. The number of aromatic nitrogens is 1. The van der Waals surface area contributed by atoms with E-state index in [1.807, 2.05) is 5.38 Å². The van der Waals surface area contributed by atoms with E-state index in [-0.39, 0.29) is 12.1 Å². The van der Waals surface area contributed by atoms with Crippen LogP contribution in [0.5, 0.6) is 0 Å². The zero-order valence-electron chi connectivity index (χ0n) is 7.03. The van der Waals surface area contributed by atoms with Gasteiger partial charge >= 0.3 is 0 Å². The molecule has 2 rings (SSSR count). The number of thiazole rings is 1. The first kappa shape index (κ1) is 9.43. The molecular formula is C8H11BrN2OS. The Morgan fingerprint density at radius 3 is 3.00 bits per heavy atom. The topological polar surface area (TPSA) is 45.1 Å². The minimum Gasteiger partial charge on any atom is -0.391 e. The number of hydrogen-bond donors (Lipinski definition) is 2. The summed E-state index contributed by atoms with van der Waals surface area (Å²) in [4.78, 5) is 4.22. The summed E-state index contributed by atoms with van der Waals surface area (Å²) < 4.78 is 0.854. The Kier molecular flexibility index (Phi) is 2.86. The molecule has 3 nitrogen and oxygen atoms in total. The summed E-state index contributed by atoms with van der Waals surface area (Å²) in [6.07, 6.45) is 2.84. The molecule has 0 amide bonds. The van der Waals surface area contributed by atoms with Gasteiger partial charge in [-0.1, -0.05) is 0 Å². The van der Waals surface area contributed by atoms with E-state index in [1.165, 1.54) is 0 Å². The van der Waals surface area contributed by atoms with E-state index in [1.54, 1.807) is 11.3 Å². The second-order valence-corrected chi connectivity index (χ2v) is 4.90. The smallest absolute Gasteiger partial charge is 0.184 e. The van der Waals surface area contributed by atoms with Crippen molar-refractivity contribution >= 4 is 32.4 Å². The Balaban J connectivity index is 1.97. The molecular weight excluding hydrogens is 252 g/mol. The van der Waals surface area contributed by atoms with Crippen LogP contribution in [0.4, 0.5) is 5.13 Å². The van der Waals surface area contributed by atoms with Crippen molar-refractivity contribution in [3.05, 3.63) is 9.98 Å². The lowest BCUT2D eigenvalue weighted by molar-refractivity contribution is 0.172. The molecule has 0 spiro atoms. The van der Waals surface area contributed by atoms with Crippen molar-refractivity contribution in [2.24, 2.45) is 0 Å². The van der Waals surface area contributed by atoms with E-state index in [9.17, 15) is 5.11 Å². The minimum atomic E-state index is -0.206. The van der Waals surface area contributed by atoms with Gasteiger partial charge in [0.2, 0.25) is 0 Å². The number of nitrogens with one attached hydrogen (secondary N) is 1. The van der Waals surface area contributed by atoms with Crippen LogP contribution in [0.15, 0.2) is 9.98 Å². The summed E-state index contributed by atoms with van der Waals surface area (Å²) in [5.41, 5.74) is 0. The summed E-state index contributed by atoms with van der Waals surface area (Å²) in [5, 5.41) is 15.6. The lowest BCUT2D eigenvalue weighted by Crippen LogP contribution is -2.27. The summed E-state index contributed by atoms with van der Waals surface area (Å²) in [5.74, 6) is 0. The maximum absolute atomic E-state index is 9.56. The van der Waals surface area contributed by atoms with Gasteiger partial charge in [0, 0.05) is 5.38 Å².